The Morgan fingerprint density at radius 2 is 2.05 bits per heavy atom. The zero-order valence-corrected chi connectivity index (χ0v) is 12.9. The monoisotopic (exact) mass is 289 g/mol. The fraction of sp³-hybridized carbons (Fsp3) is 0.588. The van der Waals surface area contributed by atoms with Gasteiger partial charge in [0.2, 0.25) is 0 Å². The number of carbonyl (C=O) groups is 1. The van der Waals surface area contributed by atoms with E-state index in [0.29, 0.717) is 5.92 Å². The summed E-state index contributed by atoms with van der Waals surface area (Å²) in [5, 5.41) is 9.12. The normalized spacial score (nSPS) is 27.4. The van der Waals surface area contributed by atoms with Gasteiger partial charge in [-0.2, -0.15) is 0 Å². The molecule has 0 radical (unpaired) electrons. The van der Waals surface area contributed by atoms with E-state index in [1.807, 2.05) is 37.8 Å². The fourth-order valence-electron chi connectivity index (χ4n) is 3.34. The summed E-state index contributed by atoms with van der Waals surface area (Å²) in [7, 11) is 0. The molecule has 1 aliphatic heterocycles. The number of likely N-dealkylation sites (tertiary alicyclic amines) is 1. The van der Waals surface area contributed by atoms with Crippen LogP contribution in [0, 0.1) is 5.92 Å². The minimum Gasteiger partial charge on any atom is -0.444 e. The summed E-state index contributed by atoms with van der Waals surface area (Å²) in [5.41, 5.74) is 1.87. The zero-order chi connectivity index (χ0) is 15.3. The van der Waals surface area contributed by atoms with Crippen molar-refractivity contribution in [1.29, 1.82) is 0 Å². The Labute approximate surface area is 125 Å². The van der Waals surface area contributed by atoms with Crippen LogP contribution in [0.4, 0.5) is 4.79 Å². The second kappa shape index (κ2) is 4.73. The third-order valence-electron chi connectivity index (χ3n) is 4.51. The molecule has 4 heteroatoms. The van der Waals surface area contributed by atoms with E-state index < -0.39 is 5.60 Å². The van der Waals surface area contributed by atoms with Gasteiger partial charge in [0.15, 0.2) is 0 Å². The lowest BCUT2D eigenvalue weighted by Gasteiger charge is -2.26. The minimum atomic E-state index is -0.445. The molecule has 1 amide bonds. The lowest BCUT2D eigenvalue weighted by atomic mass is 9.94. The summed E-state index contributed by atoms with van der Waals surface area (Å²) in [6.07, 6.45) is 0.936. The standard InChI is InChI=1S/C17H23NO3/c1-16(2,3)21-15(20)18-9-14-8-17(14,11-18)13-6-4-12(10-19)5-7-13/h4-7,14,19H,8-11H2,1-3H3. The van der Waals surface area contributed by atoms with E-state index in [2.05, 4.69) is 12.1 Å². The lowest BCUT2D eigenvalue weighted by molar-refractivity contribution is 0.0270. The zero-order valence-electron chi connectivity index (χ0n) is 12.9. The average Bonchev–Trinajstić information content (AvgIpc) is 2.99. The molecule has 1 N–H and O–H groups in total. The average molecular weight is 289 g/mol. The molecule has 1 aliphatic carbocycles. The van der Waals surface area contributed by atoms with E-state index in [9.17, 15) is 4.79 Å². The summed E-state index contributed by atoms with van der Waals surface area (Å²) >= 11 is 0. The molecule has 1 saturated carbocycles. The van der Waals surface area contributed by atoms with Crippen LogP contribution in [0.1, 0.15) is 38.3 Å². The van der Waals surface area contributed by atoms with Crippen LogP contribution in [0.15, 0.2) is 24.3 Å². The maximum absolute atomic E-state index is 12.2. The molecule has 21 heavy (non-hydrogen) atoms. The summed E-state index contributed by atoms with van der Waals surface area (Å²) < 4.78 is 5.46. The molecule has 2 aliphatic rings. The lowest BCUT2D eigenvalue weighted by Crippen LogP contribution is -2.37. The summed E-state index contributed by atoms with van der Waals surface area (Å²) in [6, 6.07) is 8.11. The van der Waals surface area contributed by atoms with Crippen molar-refractivity contribution in [2.45, 2.75) is 44.8 Å². The van der Waals surface area contributed by atoms with Crippen molar-refractivity contribution in [2.24, 2.45) is 5.92 Å². The topological polar surface area (TPSA) is 49.8 Å². The Balaban J connectivity index is 1.70. The third-order valence-corrected chi connectivity index (χ3v) is 4.51. The Kier molecular flexibility index (Phi) is 3.24. The number of aliphatic hydroxyl groups excluding tert-OH is 1. The first kappa shape index (κ1) is 14.4. The Bertz CT molecular complexity index is 546. The van der Waals surface area contributed by atoms with Crippen molar-refractivity contribution in [1.82, 2.24) is 4.90 Å². The van der Waals surface area contributed by atoms with Gasteiger partial charge in [0.05, 0.1) is 6.61 Å². The Morgan fingerprint density at radius 3 is 2.62 bits per heavy atom. The molecule has 114 valence electrons. The highest BCUT2D eigenvalue weighted by Gasteiger charge is 2.62. The van der Waals surface area contributed by atoms with Crippen molar-refractivity contribution in [3.8, 4) is 0 Å². The molecule has 0 aromatic heterocycles. The van der Waals surface area contributed by atoms with Gasteiger partial charge in [-0.25, -0.2) is 4.79 Å². The predicted octanol–water partition coefficient (Wildman–Crippen LogP) is 2.69. The van der Waals surface area contributed by atoms with Crippen LogP contribution in [0.25, 0.3) is 0 Å². The molecule has 0 bridgehead atoms. The minimum absolute atomic E-state index is 0.0702. The van der Waals surface area contributed by atoms with Gasteiger partial charge in [-0.15, -0.1) is 0 Å². The molecule has 0 spiro atoms. The number of aliphatic hydroxyl groups is 1. The first-order chi connectivity index (χ1) is 9.84. The number of hydrogen-bond acceptors (Lipinski definition) is 3. The number of piperidine rings is 1. The number of ether oxygens (including phenoxy) is 1. The first-order valence-corrected chi connectivity index (χ1v) is 7.52. The summed E-state index contributed by atoms with van der Waals surface area (Å²) in [4.78, 5) is 14.0. The van der Waals surface area contributed by atoms with E-state index in [-0.39, 0.29) is 18.1 Å². The van der Waals surface area contributed by atoms with Gasteiger partial charge in [0, 0.05) is 18.5 Å². The van der Waals surface area contributed by atoms with E-state index in [1.165, 1.54) is 5.56 Å². The maximum Gasteiger partial charge on any atom is 0.410 e. The van der Waals surface area contributed by atoms with Crippen LogP contribution in [0.2, 0.25) is 0 Å². The Hall–Kier alpha value is -1.55. The summed E-state index contributed by atoms with van der Waals surface area (Å²) in [5.74, 6) is 0.546. The molecule has 1 aromatic rings. The highest BCUT2D eigenvalue weighted by Crippen LogP contribution is 2.59. The number of rotatable bonds is 2. The maximum atomic E-state index is 12.2. The molecule has 1 heterocycles. The Morgan fingerprint density at radius 1 is 1.38 bits per heavy atom. The summed E-state index contributed by atoms with van der Waals surface area (Å²) in [6.45, 7) is 7.28. The first-order valence-electron chi connectivity index (χ1n) is 7.52. The number of hydrogen-bond donors (Lipinski definition) is 1. The van der Waals surface area contributed by atoms with Crippen LogP contribution in [-0.2, 0) is 16.8 Å². The second-order valence-corrected chi connectivity index (χ2v) is 7.27. The molecule has 2 unspecified atom stereocenters. The van der Waals surface area contributed by atoms with Crippen LogP contribution in [0.5, 0.6) is 0 Å². The third kappa shape index (κ3) is 2.64. The molecule has 1 aromatic carbocycles. The highest BCUT2D eigenvalue weighted by atomic mass is 16.6. The fourth-order valence-corrected chi connectivity index (χ4v) is 3.34. The van der Waals surface area contributed by atoms with Crippen LogP contribution in [0.3, 0.4) is 0 Å². The van der Waals surface area contributed by atoms with Gasteiger partial charge in [0.1, 0.15) is 5.60 Å². The van der Waals surface area contributed by atoms with Crippen molar-refractivity contribution >= 4 is 6.09 Å². The van der Waals surface area contributed by atoms with E-state index in [0.717, 1.165) is 25.1 Å². The van der Waals surface area contributed by atoms with Crippen LogP contribution < -0.4 is 0 Å². The van der Waals surface area contributed by atoms with Gasteiger partial charge in [-0.05, 0) is 44.2 Å². The second-order valence-electron chi connectivity index (χ2n) is 7.27. The molecular formula is C17H23NO3. The molecule has 2 fully saturated rings. The predicted molar refractivity (Wildman–Crippen MR) is 80.0 cm³/mol. The number of carbonyl (C=O) groups excluding carboxylic acids is 1. The van der Waals surface area contributed by atoms with Gasteiger partial charge in [-0.1, -0.05) is 24.3 Å². The SMILES string of the molecule is CC(C)(C)OC(=O)N1CC2CC2(c2ccc(CO)cc2)C1. The quantitative estimate of drug-likeness (QED) is 0.910. The molecule has 4 nitrogen and oxygen atoms in total. The number of nitrogens with zero attached hydrogens (tertiary/aromatic N) is 1. The van der Waals surface area contributed by atoms with Crippen molar-refractivity contribution in [2.75, 3.05) is 13.1 Å². The van der Waals surface area contributed by atoms with E-state index >= 15 is 0 Å². The molecule has 2 atom stereocenters. The number of amides is 1. The molecular weight excluding hydrogens is 266 g/mol. The molecule has 1 saturated heterocycles. The van der Waals surface area contributed by atoms with Crippen molar-refractivity contribution in [3.05, 3.63) is 35.4 Å². The van der Waals surface area contributed by atoms with E-state index in [4.69, 9.17) is 9.84 Å². The highest BCUT2D eigenvalue weighted by molar-refractivity contribution is 5.69. The van der Waals surface area contributed by atoms with Gasteiger partial charge in [-0.3, -0.25) is 0 Å². The van der Waals surface area contributed by atoms with Crippen molar-refractivity contribution in [3.63, 3.8) is 0 Å². The van der Waals surface area contributed by atoms with Gasteiger partial charge >= 0.3 is 6.09 Å². The van der Waals surface area contributed by atoms with Crippen LogP contribution >= 0.6 is 0 Å². The van der Waals surface area contributed by atoms with Gasteiger partial charge in [0.25, 0.3) is 0 Å². The smallest absolute Gasteiger partial charge is 0.410 e. The van der Waals surface area contributed by atoms with E-state index in [1.54, 1.807) is 0 Å². The molecule has 3 rings (SSSR count). The van der Waals surface area contributed by atoms with Gasteiger partial charge < -0.3 is 14.7 Å². The number of benzene rings is 1. The van der Waals surface area contributed by atoms with Crippen LogP contribution in [-0.4, -0.2) is 34.8 Å². The number of fused-ring (bicyclic) bond motifs is 1. The largest absolute Gasteiger partial charge is 0.444 e. The van der Waals surface area contributed by atoms with Crippen molar-refractivity contribution < 1.29 is 14.6 Å².